The number of nitrogens with zero attached hydrogens (tertiary/aromatic N) is 1. The highest BCUT2D eigenvalue weighted by atomic mass is 32.2. The minimum atomic E-state index is -4.05. The summed E-state index contributed by atoms with van der Waals surface area (Å²) in [6.45, 7) is 0. The number of nitro benzene ring substituents is 1. The Bertz CT molecular complexity index is 760. The molecule has 2 rings (SSSR count). The van der Waals surface area contributed by atoms with E-state index in [0.29, 0.717) is 5.69 Å². The van der Waals surface area contributed by atoms with Crippen LogP contribution in [0.4, 0.5) is 17.1 Å². The van der Waals surface area contributed by atoms with E-state index < -0.39 is 20.6 Å². The Kier molecular flexibility index (Phi) is 4.08. The summed E-state index contributed by atoms with van der Waals surface area (Å²) < 4.78 is 27.0. The third-order valence-electron chi connectivity index (χ3n) is 2.77. The van der Waals surface area contributed by atoms with Crippen molar-refractivity contribution in [2.75, 3.05) is 17.1 Å². The first kappa shape index (κ1) is 14.8. The van der Waals surface area contributed by atoms with Gasteiger partial charge in [0.05, 0.1) is 4.92 Å². The van der Waals surface area contributed by atoms with Gasteiger partial charge in [0.2, 0.25) is 0 Å². The summed E-state index contributed by atoms with van der Waals surface area (Å²) in [4.78, 5) is 10.1. The first-order chi connectivity index (χ1) is 9.95. The van der Waals surface area contributed by atoms with E-state index in [-0.39, 0.29) is 10.6 Å². The predicted molar refractivity (Wildman–Crippen MR) is 79.9 cm³/mol. The molecule has 2 aromatic carbocycles. The van der Waals surface area contributed by atoms with Crippen LogP contribution in [0.1, 0.15) is 0 Å². The largest absolute Gasteiger partial charge is 0.383 e. The normalized spacial score (nSPS) is 10.9. The van der Waals surface area contributed by atoms with Crippen LogP contribution in [-0.2, 0) is 10.0 Å². The Morgan fingerprint density at radius 1 is 1.05 bits per heavy atom. The van der Waals surface area contributed by atoms with Crippen molar-refractivity contribution in [2.45, 2.75) is 4.90 Å². The molecular formula is C13H13N3O4S. The second-order valence-electron chi connectivity index (χ2n) is 4.13. The van der Waals surface area contributed by atoms with E-state index in [2.05, 4.69) is 10.0 Å². The number of nitro groups is 1. The number of para-hydroxylation sites is 2. The molecule has 0 aliphatic heterocycles. The molecule has 8 heteroatoms. The molecule has 0 amide bonds. The molecule has 0 aliphatic carbocycles. The van der Waals surface area contributed by atoms with Crippen molar-refractivity contribution in [3.05, 3.63) is 58.6 Å². The standard InChI is InChI=1S/C13H13N3O4S/c1-14-11-8-5-9-12(13(11)16(17)18)21(19,20)15-10-6-3-2-4-7-10/h2-9,14-15H,1H3. The molecule has 0 heterocycles. The van der Waals surface area contributed by atoms with Gasteiger partial charge in [-0.1, -0.05) is 24.3 Å². The van der Waals surface area contributed by atoms with Crippen LogP contribution in [0.25, 0.3) is 0 Å². The Labute approximate surface area is 121 Å². The molecule has 2 aromatic rings. The van der Waals surface area contributed by atoms with E-state index in [1.807, 2.05) is 0 Å². The predicted octanol–water partition coefficient (Wildman–Crippen LogP) is 2.44. The number of sulfonamides is 1. The molecule has 0 atom stereocenters. The fraction of sp³-hybridized carbons (Fsp3) is 0.0769. The fourth-order valence-electron chi connectivity index (χ4n) is 1.85. The molecule has 0 radical (unpaired) electrons. The molecule has 0 bridgehead atoms. The molecular weight excluding hydrogens is 294 g/mol. The molecule has 21 heavy (non-hydrogen) atoms. The quantitative estimate of drug-likeness (QED) is 0.652. The first-order valence-corrected chi connectivity index (χ1v) is 7.47. The summed E-state index contributed by atoms with van der Waals surface area (Å²) in [7, 11) is -2.56. The summed E-state index contributed by atoms with van der Waals surface area (Å²) >= 11 is 0. The summed E-state index contributed by atoms with van der Waals surface area (Å²) in [5.41, 5.74) is -0.0129. The highest BCUT2D eigenvalue weighted by molar-refractivity contribution is 7.92. The minimum absolute atomic E-state index is 0.135. The number of hydrogen-bond acceptors (Lipinski definition) is 5. The van der Waals surface area contributed by atoms with Crippen LogP contribution in [0.5, 0.6) is 0 Å². The van der Waals surface area contributed by atoms with Gasteiger partial charge in [-0.2, -0.15) is 0 Å². The number of benzene rings is 2. The lowest BCUT2D eigenvalue weighted by Gasteiger charge is -2.10. The van der Waals surface area contributed by atoms with Crippen LogP contribution in [0.2, 0.25) is 0 Å². The maximum absolute atomic E-state index is 12.4. The molecule has 0 unspecified atom stereocenters. The average Bonchev–Trinajstić information content (AvgIpc) is 2.46. The molecule has 2 N–H and O–H groups in total. The lowest BCUT2D eigenvalue weighted by molar-refractivity contribution is -0.386. The van der Waals surface area contributed by atoms with Crippen molar-refractivity contribution in [2.24, 2.45) is 0 Å². The van der Waals surface area contributed by atoms with E-state index in [0.717, 1.165) is 0 Å². The second kappa shape index (κ2) is 5.80. The lowest BCUT2D eigenvalue weighted by Crippen LogP contribution is -2.15. The maximum atomic E-state index is 12.4. The number of nitrogens with one attached hydrogen (secondary N) is 2. The van der Waals surface area contributed by atoms with Crippen molar-refractivity contribution >= 4 is 27.1 Å². The smallest absolute Gasteiger partial charge is 0.312 e. The number of hydrogen-bond donors (Lipinski definition) is 2. The van der Waals surface area contributed by atoms with Crippen LogP contribution in [0, 0.1) is 10.1 Å². The van der Waals surface area contributed by atoms with Crippen LogP contribution in [-0.4, -0.2) is 20.4 Å². The topological polar surface area (TPSA) is 101 Å². The van der Waals surface area contributed by atoms with E-state index >= 15 is 0 Å². The Morgan fingerprint density at radius 2 is 1.71 bits per heavy atom. The summed E-state index contributed by atoms with van der Waals surface area (Å²) in [6, 6.07) is 12.3. The van der Waals surface area contributed by atoms with Gasteiger partial charge in [-0.05, 0) is 24.3 Å². The molecule has 0 spiro atoms. The van der Waals surface area contributed by atoms with Gasteiger partial charge < -0.3 is 5.32 Å². The van der Waals surface area contributed by atoms with Gasteiger partial charge in [0.25, 0.3) is 10.0 Å². The molecule has 110 valence electrons. The van der Waals surface area contributed by atoms with Crippen LogP contribution >= 0.6 is 0 Å². The Hall–Kier alpha value is -2.61. The highest BCUT2D eigenvalue weighted by Gasteiger charge is 2.28. The summed E-state index contributed by atoms with van der Waals surface area (Å²) in [5, 5.41) is 13.8. The van der Waals surface area contributed by atoms with Gasteiger partial charge in [-0.25, -0.2) is 8.42 Å². The van der Waals surface area contributed by atoms with Gasteiger partial charge in [-0.15, -0.1) is 0 Å². The van der Waals surface area contributed by atoms with E-state index in [9.17, 15) is 18.5 Å². The third-order valence-corrected chi connectivity index (χ3v) is 4.18. The van der Waals surface area contributed by atoms with Gasteiger partial charge in [0, 0.05) is 12.7 Å². The van der Waals surface area contributed by atoms with Gasteiger partial charge in [-0.3, -0.25) is 14.8 Å². The van der Waals surface area contributed by atoms with Gasteiger partial charge in [0.15, 0.2) is 4.90 Å². The summed E-state index contributed by atoms with van der Waals surface area (Å²) in [5.74, 6) is 0. The van der Waals surface area contributed by atoms with Crippen molar-refractivity contribution in [1.29, 1.82) is 0 Å². The highest BCUT2D eigenvalue weighted by Crippen LogP contribution is 2.32. The third kappa shape index (κ3) is 3.11. The maximum Gasteiger partial charge on any atom is 0.312 e. The SMILES string of the molecule is CNc1cccc(S(=O)(=O)Nc2ccccc2)c1[N+](=O)[O-]. The Morgan fingerprint density at radius 3 is 2.29 bits per heavy atom. The van der Waals surface area contributed by atoms with Crippen molar-refractivity contribution in [3.63, 3.8) is 0 Å². The lowest BCUT2D eigenvalue weighted by atomic mass is 10.3. The molecule has 0 saturated carbocycles. The molecule has 0 saturated heterocycles. The van der Waals surface area contributed by atoms with Crippen molar-refractivity contribution in [1.82, 2.24) is 0 Å². The van der Waals surface area contributed by atoms with Crippen molar-refractivity contribution in [3.8, 4) is 0 Å². The zero-order valence-electron chi connectivity index (χ0n) is 11.1. The number of rotatable bonds is 5. The monoisotopic (exact) mass is 307 g/mol. The minimum Gasteiger partial charge on any atom is -0.383 e. The van der Waals surface area contributed by atoms with Gasteiger partial charge >= 0.3 is 5.69 Å². The van der Waals surface area contributed by atoms with Gasteiger partial charge in [0.1, 0.15) is 5.69 Å². The zero-order valence-corrected chi connectivity index (χ0v) is 11.9. The van der Waals surface area contributed by atoms with E-state index in [4.69, 9.17) is 0 Å². The van der Waals surface area contributed by atoms with Crippen molar-refractivity contribution < 1.29 is 13.3 Å². The summed E-state index contributed by atoms with van der Waals surface area (Å²) in [6.07, 6.45) is 0. The molecule has 7 nitrogen and oxygen atoms in total. The number of anilines is 2. The Balaban J connectivity index is 2.52. The molecule has 0 fully saturated rings. The first-order valence-electron chi connectivity index (χ1n) is 5.99. The zero-order chi connectivity index (χ0) is 15.5. The van der Waals surface area contributed by atoms with E-state index in [1.165, 1.54) is 25.2 Å². The second-order valence-corrected chi connectivity index (χ2v) is 5.78. The van der Waals surface area contributed by atoms with Crippen LogP contribution in [0.3, 0.4) is 0 Å². The van der Waals surface area contributed by atoms with Crippen LogP contribution < -0.4 is 10.0 Å². The molecule has 0 aliphatic rings. The van der Waals surface area contributed by atoms with Crippen LogP contribution in [0.15, 0.2) is 53.4 Å². The molecule has 0 aromatic heterocycles. The fourth-order valence-corrected chi connectivity index (χ4v) is 3.10. The average molecular weight is 307 g/mol. The van der Waals surface area contributed by atoms with E-state index in [1.54, 1.807) is 30.3 Å².